The van der Waals surface area contributed by atoms with Crippen LogP contribution in [0, 0.1) is 0 Å². The van der Waals surface area contributed by atoms with Crippen molar-refractivity contribution in [2.75, 3.05) is 21.7 Å². The predicted octanol–water partition coefficient (Wildman–Crippen LogP) is 2.00. The van der Waals surface area contributed by atoms with E-state index >= 15 is 0 Å². The molecule has 0 bridgehead atoms. The van der Waals surface area contributed by atoms with Crippen molar-refractivity contribution in [3.05, 3.63) is 47.5 Å². The number of aliphatic hydroxyl groups is 3. The van der Waals surface area contributed by atoms with Crippen LogP contribution in [0.15, 0.2) is 36.4 Å². The van der Waals surface area contributed by atoms with Crippen LogP contribution >= 0.6 is 0 Å². The van der Waals surface area contributed by atoms with Gasteiger partial charge in [0.15, 0.2) is 0 Å². The first-order valence-corrected chi connectivity index (χ1v) is 8.55. The minimum atomic E-state index is -0.836. The van der Waals surface area contributed by atoms with E-state index in [2.05, 4.69) is 5.32 Å². The normalized spacial score (nSPS) is 14.5. The van der Waals surface area contributed by atoms with Gasteiger partial charge in [-0.3, -0.25) is 0 Å². The van der Waals surface area contributed by atoms with Crippen LogP contribution in [0.4, 0.5) is 22.7 Å². The van der Waals surface area contributed by atoms with Crippen LogP contribution in [-0.2, 0) is 6.54 Å². The molecule has 26 heavy (non-hydrogen) atoms. The van der Waals surface area contributed by atoms with Gasteiger partial charge in [-0.15, -0.1) is 0 Å². The smallest absolute Gasteiger partial charge is 0.126 e. The van der Waals surface area contributed by atoms with Gasteiger partial charge >= 0.3 is 0 Å². The molecule has 142 valence electrons. The van der Waals surface area contributed by atoms with Crippen LogP contribution in [0.1, 0.15) is 38.0 Å². The van der Waals surface area contributed by atoms with E-state index in [0.717, 1.165) is 11.3 Å². The molecule has 8 N–H and O–H groups in total. The van der Waals surface area contributed by atoms with Gasteiger partial charge < -0.3 is 37.0 Å². The van der Waals surface area contributed by atoms with Gasteiger partial charge in [0.25, 0.3) is 0 Å². The molecule has 3 unspecified atom stereocenters. The number of nitrogens with zero attached hydrogens (tertiary/aromatic N) is 1. The Labute approximate surface area is 153 Å². The standard InChI is InChI=1S/C19H28N4O3/c1-11(24)19-16(17(20)7-8-18(19)21)10-22-14-5-4-6-15(9-14)23(12(2)25)13(3)26/h4-9,11-13,22,24-26H,10,20-21H2,1-3H3. The Balaban J connectivity index is 2.27. The Morgan fingerprint density at radius 1 is 0.962 bits per heavy atom. The topological polar surface area (TPSA) is 128 Å². The van der Waals surface area contributed by atoms with Crippen molar-refractivity contribution in [1.82, 2.24) is 0 Å². The maximum Gasteiger partial charge on any atom is 0.126 e. The predicted molar refractivity (Wildman–Crippen MR) is 106 cm³/mol. The first kappa shape index (κ1) is 19.8. The third-order valence-electron chi connectivity index (χ3n) is 4.26. The van der Waals surface area contributed by atoms with Crippen LogP contribution in [0.3, 0.4) is 0 Å². The summed E-state index contributed by atoms with van der Waals surface area (Å²) >= 11 is 0. The van der Waals surface area contributed by atoms with Gasteiger partial charge in [-0.2, -0.15) is 0 Å². The van der Waals surface area contributed by atoms with Crippen LogP contribution in [0.5, 0.6) is 0 Å². The molecule has 0 radical (unpaired) electrons. The fraction of sp³-hybridized carbons (Fsp3) is 0.368. The first-order valence-electron chi connectivity index (χ1n) is 8.55. The zero-order valence-corrected chi connectivity index (χ0v) is 15.3. The van der Waals surface area contributed by atoms with Gasteiger partial charge in [0, 0.05) is 40.4 Å². The summed E-state index contributed by atoms with van der Waals surface area (Å²) in [7, 11) is 0. The van der Waals surface area contributed by atoms with Crippen LogP contribution in [-0.4, -0.2) is 27.8 Å². The summed E-state index contributed by atoms with van der Waals surface area (Å²) in [4.78, 5) is 1.49. The zero-order chi connectivity index (χ0) is 19.4. The Bertz CT molecular complexity index is 740. The summed E-state index contributed by atoms with van der Waals surface area (Å²) in [6, 6.07) is 10.7. The fourth-order valence-electron chi connectivity index (χ4n) is 3.10. The molecule has 3 atom stereocenters. The molecule has 0 aliphatic carbocycles. The van der Waals surface area contributed by atoms with Gasteiger partial charge in [-0.25, -0.2) is 0 Å². The highest BCUT2D eigenvalue weighted by Crippen LogP contribution is 2.30. The summed E-state index contributed by atoms with van der Waals surface area (Å²) in [5.41, 5.74) is 15.9. The lowest BCUT2D eigenvalue weighted by molar-refractivity contribution is 0.105. The Kier molecular flexibility index (Phi) is 6.31. The van der Waals surface area contributed by atoms with Crippen molar-refractivity contribution in [3.63, 3.8) is 0 Å². The minimum absolute atomic E-state index is 0.379. The lowest BCUT2D eigenvalue weighted by Gasteiger charge is -2.30. The number of aliphatic hydroxyl groups excluding tert-OH is 3. The third-order valence-corrected chi connectivity index (χ3v) is 4.26. The van der Waals surface area contributed by atoms with E-state index in [-0.39, 0.29) is 0 Å². The molecule has 0 aliphatic rings. The molecule has 2 aromatic rings. The summed E-state index contributed by atoms with van der Waals surface area (Å²) in [6.45, 7) is 5.21. The summed E-state index contributed by atoms with van der Waals surface area (Å²) in [5, 5.41) is 33.1. The number of rotatable bonds is 7. The molecule has 0 saturated heterocycles. The number of nitrogens with two attached hydrogens (primary N) is 2. The molecule has 0 saturated carbocycles. The highest BCUT2D eigenvalue weighted by Gasteiger charge is 2.18. The number of nitrogens with one attached hydrogen (secondary N) is 1. The molecule has 0 aliphatic heterocycles. The van der Waals surface area contributed by atoms with Crippen LogP contribution in [0.2, 0.25) is 0 Å². The molecule has 0 fully saturated rings. The van der Waals surface area contributed by atoms with Crippen LogP contribution < -0.4 is 21.7 Å². The van der Waals surface area contributed by atoms with E-state index in [1.54, 1.807) is 39.0 Å². The quantitative estimate of drug-likeness (QED) is 0.329. The lowest BCUT2D eigenvalue weighted by atomic mass is 9.99. The second-order valence-electron chi connectivity index (χ2n) is 6.39. The maximum atomic E-state index is 10.0. The highest BCUT2D eigenvalue weighted by molar-refractivity contribution is 5.64. The van der Waals surface area contributed by atoms with Gasteiger partial charge in [0.1, 0.15) is 12.5 Å². The molecular formula is C19H28N4O3. The maximum absolute atomic E-state index is 10.0. The van der Waals surface area contributed by atoms with Gasteiger partial charge in [-0.05, 0) is 51.1 Å². The largest absolute Gasteiger partial charge is 0.398 e. The number of anilines is 4. The molecule has 2 aromatic carbocycles. The van der Waals surface area contributed by atoms with Crippen LogP contribution in [0.25, 0.3) is 0 Å². The molecule has 0 spiro atoms. The SMILES string of the molecule is CC(O)c1c(N)ccc(N)c1CNc1cccc(N(C(C)O)C(C)O)c1. The number of nitrogen functional groups attached to an aromatic ring is 2. The third kappa shape index (κ3) is 4.37. The Morgan fingerprint density at radius 3 is 2.15 bits per heavy atom. The average Bonchev–Trinajstić information content (AvgIpc) is 2.54. The molecule has 0 heterocycles. The summed E-state index contributed by atoms with van der Waals surface area (Å²) in [5.74, 6) is 0. The van der Waals surface area contributed by atoms with E-state index < -0.39 is 18.6 Å². The zero-order valence-electron chi connectivity index (χ0n) is 15.3. The Morgan fingerprint density at radius 2 is 1.58 bits per heavy atom. The fourth-order valence-corrected chi connectivity index (χ4v) is 3.10. The number of hydrogen-bond donors (Lipinski definition) is 6. The monoisotopic (exact) mass is 360 g/mol. The summed E-state index contributed by atoms with van der Waals surface area (Å²) < 4.78 is 0. The average molecular weight is 360 g/mol. The van der Waals surface area contributed by atoms with E-state index in [4.69, 9.17) is 11.5 Å². The molecule has 2 rings (SSSR count). The number of benzene rings is 2. The van der Waals surface area contributed by atoms with E-state index in [1.807, 2.05) is 18.2 Å². The van der Waals surface area contributed by atoms with E-state index in [9.17, 15) is 15.3 Å². The number of hydrogen-bond acceptors (Lipinski definition) is 7. The van der Waals surface area contributed by atoms with Gasteiger partial charge in [-0.1, -0.05) is 6.07 Å². The highest BCUT2D eigenvalue weighted by atomic mass is 16.3. The van der Waals surface area contributed by atoms with E-state index in [1.165, 1.54) is 4.90 Å². The van der Waals surface area contributed by atoms with E-state index in [0.29, 0.717) is 29.2 Å². The second-order valence-corrected chi connectivity index (χ2v) is 6.39. The van der Waals surface area contributed by atoms with Crippen molar-refractivity contribution in [1.29, 1.82) is 0 Å². The molecule has 7 heteroatoms. The molecular weight excluding hydrogens is 332 g/mol. The van der Waals surface area contributed by atoms with Crippen molar-refractivity contribution in [3.8, 4) is 0 Å². The van der Waals surface area contributed by atoms with Gasteiger partial charge in [0.2, 0.25) is 0 Å². The molecule has 7 nitrogen and oxygen atoms in total. The van der Waals surface area contributed by atoms with Gasteiger partial charge in [0.05, 0.1) is 6.10 Å². The van der Waals surface area contributed by atoms with Crippen molar-refractivity contribution in [2.24, 2.45) is 0 Å². The minimum Gasteiger partial charge on any atom is -0.398 e. The van der Waals surface area contributed by atoms with Crippen molar-refractivity contribution >= 4 is 22.7 Å². The first-order chi connectivity index (χ1) is 12.2. The Hall–Kier alpha value is -2.48. The van der Waals surface area contributed by atoms with Crippen molar-refractivity contribution < 1.29 is 15.3 Å². The molecule has 0 amide bonds. The second kappa shape index (κ2) is 8.27. The lowest BCUT2D eigenvalue weighted by Crippen LogP contribution is -2.40. The molecule has 0 aromatic heterocycles. The summed E-state index contributed by atoms with van der Waals surface area (Å²) in [6.07, 6.45) is -2.41. The van der Waals surface area contributed by atoms with Crippen molar-refractivity contribution in [2.45, 2.75) is 45.9 Å².